The van der Waals surface area contributed by atoms with Crippen molar-refractivity contribution in [2.45, 2.75) is 33.9 Å². The fourth-order valence-corrected chi connectivity index (χ4v) is 4.18. The van der Waals surface area contributed by atoms with Crippen LogP contribution >= 0.6 is 11.6 Å². The van der Waals surface area contributed by atoms with Gasteiger partial charge >= 0.3 is 0 Å². The number of aromatic nitrogens is 2. The summed E-state index contributed by atoms with van der Waals surface area (Å²) in [6.07, 6.45) is 0. The molecule has 0 saturated carbocycles. The second kappa shape index (κ2) is 11.4. The zero-order valence-electron chi connectivity index (χ0n) is 21.6. The average Bonchev–Trinajstić information content (AvgIpc) is 3.16. The quantitative estimate of drug-likeness (QED) is 0.278. The Balaban J connectivity index is 1.42. The summed E-state index contributed by atoms with van der Waals surface area (Å²) >= 11 is 6.21. The van der Waals surface area contributed by atoms with Crippen LogP contribution in [0, 0.1) is 20.8 Å². The Morgan fingerprint density at radius 1 is 0.892 bits per heavy atom. The zero-order chi connectivity index (χ0) is 26.5. The molecule has 0 aliphatic rings. The normalized spacial score (nSPS) is 10.8. The molecule has 37 heavy (non-hydrogen) atoms. The van der Waals surface area contributed by atoms with Gasteiger partial charge in [0.2, 0.25) is 0 Å². The van der Waals surface area contributed by atoms with Crippen molar-refractivity contribution in [1.29, 1.82) is 0 Å². The largest absolute Gasteiger partial charge is 0.493 e. The Bertz CT molecular complexity index is 1410. The predicted molar refractivity (Wildman–Crippen MR) is 145 cm³/mol. The molecule has 0 atom stereocenters. The first-order chi connectivity index (χ1) is 17.8. The van der Waals surface area contributed by atoms with Gasteiger partial charge in [-0.2, -0.15) is 5.10 Å². The summed E-state index contributed by atoms with van der Waals surface area (Å²) in [4.78, 5) is 13.0. The highest BCUT2D eigenvalue weighted by Gasteiger charge is 2.16. The third-order valence-electron chi connectivity index (χ3n) is 6.10. The van der Waals surface area contributed by atoms with E-state index in [9.17, 15) is 4.79 Å². The maximum Gasteiger partial charge on any atom is 0.255 e. The van der Waals surface area contributed by atoms with E-state index >= 15 is 0 Å². The lowest BCUT2D eigenvalue weighted by Crippen LogP contribution is -2.13. The number of halogens is 1. The Kier molecular flexibility index (Phi) is 8.04. The molecule has 0 saturated heterocycles. The minimum Gasteiger partial charge on any atom is -0.493 e. The van der Waals surface area contributed by atoms with E-state index in [2.05, 4.69) is 10.4 Å². The van der Waals surface area contributed by atoms with E-state index in [0.717, 1.165) is 28.1 Å². The van der Waals surface area contributed by atoms with Crippen molar-refractivity contribution in [3.05, 3.63) is 99.3 Å². The van der Waals surface area contributed by atoms with E-state index in [4.69, 9.17) is 25.8 Å². The molecule has 192 valence electrons. The molecule has 1 heterocycles. The number of aryl methyl sites for hydroxylation is 2. The van der Waals surface area contributed by atoms with Gasteiger partial charge in [0.25, 0.3) is 5.91 Å². The number of nitrogens with one attached hydrogen (secondary N) is 1. The number of carbonyl (C=O) groups excluding carboxylic acids is 1. The number of nitrogens with zero attached hydrogens (tertiary/aromatic N) is 2. The number of hydrogen-bond donors (Lipinski definition) is 1. The summed E-state index contributed by atoms with van der Waals surface area (Å²) in [6.45, 7) is 6.69. The topological polar surface area (TPSA) is 74.6 Å². The first-order valence-corrected chi connectivity index (χ1v) is 12.2. The van der Waals surface area contributed by atoms with Crippen LogP contribution in [0.5, 0.6) is 17.2 Å². The van der Waals surface area contributed by atoms with Crippen molar-refractivity contribution in [2.75, 3.05) is 19.5 Å². The highest BCUT2D eigenvalue weighted by molar-refractivity contribution is 6.32. The lowest BCUT2D eigenvalue weighted by molar-refractivity contribution is 0.102. The van der Waals surface area contributed by atoms with Gasteiger partial charge in [0.15, 0.2) is 11.5 Å². The minimum atomic E-state index is -0.203. The van der Waals surface area contributed by atoms with E-state index < -0.39 is 0 Å². The molecule has 8 heteroatoms. The summed E-state index contributed by atoms with van der Waals surface area (Å²) in [7, 11) is 3.22. The van der Waals surface area contributed by atoms with Crippen molar-refractivity contribution < 1.29 is 19.0 Å². The molecular formula is C29H30ClN3O4. The molecule has 0 aliphatic carbocycles. The molecule has 4 aromatic rings. The molecule has 0 spiro atoms. The van der Waals surface area contributed by atoms with Gasteiger partial charge in [0, 0.05) is 5.56 Å². The Morgan fingerprint density at radius 2 is 1.59 bits per heavy atom. The van der Waals surface area contributed by atoms with Crippen LogP contribution in [0.3, 0.4) is 0 Å². The highest BCUT2D eigenvalue weighted by Crippen LogP contribution is 2.29. The first kappa shape index (κ1) is 26.1. The number of benzene rings is 3. The molecule has 0 radical (unpaired) electrons. The fourth-order valence-electron chi connectivity index (χ4n) is 4.00. The number of rotatable bonds is 9. The fraction of sp³-hybridized carbons (Fsp3) is 0.241. The van der Waals surface area contributed by atoms with E-state index in [1.165, 1.54) is 0 Å². The van der Waals surface area contributed by atoms with Crippen LogP contribution in [0.4, 0.5) is 5.69 Å². The van der Waals surface area contributed by atoms with Crippen LogP contribution in [0.2, 0.25) is 5.02 Å². The summed E-state index contributed by atoms with van der Waals surface area (Å²) in [5.41, 5.74) is 5.86. The van der Waals surface area contributed by atoms with Gasteiger partial charge < -0.3 is 19.5 Å². The number of amides is 1. The Labute approximate surface area is 221 Å². The number of methoxy groups -OCH3 is 2. The summed E-state index contributed by atoms with van der Waals surface area (Å²) < 4.78 is 18.4. The molecular weight excluding hydrogens is 490 g/mol. The van der Waals surface area contributed by atoms with Gasteiger partial charge in [-0.3, -0.25) is 9.48 Å². The van der Waals surface area contributed by atoms with E-state index in [1.54, 1.807) is 26.4 Å². The lowest BCUT2D eigenvalue weighted by atomic mass is 10.1. The number of carbonyl (C=O) groups is 1. The van der Waals surface area contributed by atoms with Crippen molar-refractivity contribution in [3.8, 4) is 17.2 Å². The lowest BCUT2D eigenvalue weighted by Gasteiger charge is -2.11. The van der Waals surface area contributed by atoms with Crippen LogP contribution in [0.15, 0.2) is 60.7 Å². The zero-order valence-corrected chi connectivity index (χ0v) is 22.3. The molecule has 0 fully saturated rings. The maximum atomic E-state index is 13.0. The second-order valence-corrected chi connectivity index (χ2v) is 9.17. The first-order valence-electron chi connectivity index (χ1n) is 11.8. The van der Waals surface area contributed by atoms with Gasteiger partial charge in [-0.15, -0.1) is 0 Å². The predicted octanol–water partition coefficient (Wildman–Crippen LogP) is 6.36. The Morgan fingerprint density at radius 3 is 2.30 bits per heavy atom. The third-order valence-corrected chi connectivity index (χ3v) is 6.41. The van der Waals surface area contributed by atoms with Gasteiger partial charge in [-0.1, -0.05) is 35.9 Å². The molecule has 3 aromatic carbocycles. The van der Waals surface area contributed by atoms with Crippen molar-refractivity contribution in [2.24, 2.45) is 0 Å². The van der Waals surface area contributed by atoms with Crippen LogP contribution in [-0.4, -0.2) is 29.9 Å². The number of anilines is 1. The van der Waals surface area contributed by atoms with Crippen molar-refractivity contribution in [3.63, 3.8) is 0 Å². The van der Waals surface area contributed by atoms with E-state index in [-0.39, 0.29) is 5.91 Å². The molecule has 4 rings (SSSR count). The molecule has 0 unspecified atom stereocenters. The monoisotopic (exact) mass is 519 g/mol. The van der Waals surface area contributed by atoms with Crippen LogP contribution in [0.25, 0.3) is 0 Å². The average molecular weight is 520 g/mol. The summed E-state index contributed by atoms with van der Waals surface area (Å²) in [5.74, 6) is 1.76. The Hall–Kier alpha value is -3.97. The molecule has 0 bridgehead atoms. The standard InChI is InChI=1S/C29H30ClN3O4/c1-18-6-12-24(30)26(14-18)37-17-21-7-10-23(11-8-21)29(34)31-28-19(2)32-33(20(28)3)16-22-9-13-25(35-4)27(15-22)36-5/h6-15H,16-17H2,1-5H3,(H,31,34). The minimum absolute atomic E-state index is 0.203. The molecule has 1 aromatic heterocycles. The second-order valence-electron chi connectivity index (χ2n) is 8.77. The van der Waals surface area contributed by atoms with Gasteiger partial charge in [0.05, 0.1) is 42.9 Å². The highest BCUT2D eigenvalue weighted by atomic mass is 35.5. The van der Waals surface area contributed by atoms with Gasteiger partial charge in [0.1, 0.15) is 12.4 Å². The van der Waals surface area contributed by atoms with Gasteiger partial charge in [-0.05, 0) is 73.9 Å². The van der Waals surface area contributed by atoms with E-state index in [1.807, 2.05) is 74.0 Å². The van der Waals surface area contributed by atoms with Crippen LogP contribution in [0.1, 0.15) is 38.4 Å². The number of ether oxygens (including phenoxy) is 3. The van der Waals surface area contributed by atoms with Crippen molar-refractivity contribution in [1.82, 2.24) is 9.78 Å². The molecule has 0 aliphatic heterocycles. The van der Waals surface area contributed by atoms with Crippen molar-refractivity contribution >= 4 is 23.2 Å². The van der Waals surface area contributed by atoms with Gasteiger partial charge in [-0.25, -0.2) is 0 Å². The number of hydrogen-bond acceptors (Lipinski definition) is 5. The van der Waals surface area contributed by atoms with Crippen LogP contribution in [-0.2, 0) is 13.2 Å². The maximum absolute atomic E-state index is 13.0. The summed E-state index contributed by atoms with van der Waals surface area (Å²) in [6, 6.07) is 18.7. The smallest absolute Gasteiger partial charge is 0.255 e. The summed E-state index contributed by atoms with van der Waals surface area (Å²) in [5, 5.41) is 8.22. The van der Waals surface area contributed by atoms with E-state index in [0.29, 0.717) is 46.7 Å². The molecule has 7 nitrogen and oxygen atoms in total. The SMILES string of the molecule is COc1ccc(Cn2nc(C)c(NC(=O)c3ccc(COc4cc(C)ccc4Cl)cc3)c2C)cc1OC. The molecule has 1 N–H and O–H groups in total. The third kappa shape index (κ3) is 6.06. The van der Waals surface area contributed by atoms with Crippen LogP contribution < -0.4 is 19.5 Å². The molecule has 1 amide bonds.